The van der Waals surface area contributed by atoms with Crippen LogP contribution in [0.25, 0.3) is 0 Å². The van der Waals surface area contributed by atoms with Gasteiger partial charge < -0.3 is 10.1 Å². The van der Waals surface area contributed by atoms with Gasteiger partial charge in [0.05, 0.1) is 4.47 Å². The largest absolute Gasteiger partial charge is 0.488 e. The molecule has 0 radical (unpaired) electrons. The predicted molar refractivity (Wildman–Crippen MR) is 92.5 cm³/mol. The average molecular weight is 372 g/mol. The average Bonchev–Trinajstić information content (AvgIpc) is 2.49. The SMILES string of the molecule is O=C(NC12CC(C1)C2)c1ccc(OCc2ccccc2)c(Br)c1. The summed E-state index contributed by atoms with van der Waals surface area (Å²) in [5, 5.41) is 3.18. The molecule has 1 N–H and O–H groups in total. The molecule has 118 valence electrons. The molecule has 0 aliphatic heterocycles. The van der Waals surface area contributed by atoms with Gasteiger partial charge in [0.1, 0.15) is 12.4 Å². The van der Waals surface area contributed by atoms with Gasteiger partial charge in [-0.15, -0.1) is 0 Å². The van der Waals surface area contributed by atoms with Crippen LogP contribution in [0.4, 0.5) is 0 Å². The Hall–Kier alpha value is -1.81. The maximum absolute atomic E-state index is 12.3. The Morgan fingerprint density at radius 1 is 1.17 bits per heavy atom. The van der Waals surface area contributed by atoms with Crippen LogP contribution in [0.1, 0.15) is 35.2 Å². The Labute approximate surface area is 144 Å². The molecule has 3 aliphatic rings. The van der Waals surface area contributed by atoms with Gasteiger partial charge in [0.25, 0.3) is 5.91 Å². The lowest BCUT2D eigenvalue weighted by atomic mass is 9.50. The molecule has 1 amide bonds. The molecule has 5 rings (SSSR count). The molecule has 0 saturated heterocycles. The molecule has 3 saturated carbocycles. The monoisotopic (exact) mass is 371 g/mol. The molecule has 2 aromatic carbocycles. The van der Waals surface area contributed by atoms with Gasteiger partial charge in [-0.1, -0.05) is 30.3 Å². The molecule has 23 heavy (non-hydrogen) atoms. The summed E-state index contributed by atoms with van der Waals surface area (Å²) < 4.78 is 6.62. The van der Waals surface area contributed by atoms with Crippen LogP contribution >= 0.6 is 15.9 Å². The highest BCUT2D eigenvalue weighted by Crippen LogP contribution is 2.57. The quantitative estimate of drug-likeness (QED) is 0.850. The second kappa shape index (κ2) is 5.68. The van der Waals surface area contributed by atoms with Crippen LogP contribution in [0, 0.1) is 5.92 Å². The highest BCUT2D eigenvalue weighted by Gasteiger charge is 2.57. The van der Waals surface area contributed by atoms with Gasteiger partial charge >= 0.3 is 0 Å². The van der Waals surface area contributed by atoms with Crippen molar-refractivity contribution in [3.8, 4) is 5.75 Å². The van der Waals surface area contributed by atoms with Crippen LogP contribution in [-0.4, -0.2) is 11.4 Å². The number of hydrogen-bond acceptors (Lipinski definition) is 2. The molecule has 3 aliphatic carbocycles. The number of amides is 1. The van der Waals surface area contributed by atoms with Crippen molar-refractivity contribution in [2.75, 3.05) is 0 Å². The third-order valence-corrected chi connectivity index (χ3v) is 5.47. The number of halogens is 1. The molecule has 0 heterocycles. The smallest absolute Gasteiger partial charge is 0.251 e. The van der Waals surface area contributed by atoms with Crippen molar-refractivity contribution in [1.29, 1.82) is 0 Å². The molecule has 0 atom stereocenters. The van der Waals surface area contributed by atoms with E-state index in [1.807, 2.05) is 48.5 Å². The number of carbonyl (C=O) groups excluding carboxylic acids is 1. The summed E-state index contributed by atoms with van der Waals surface area (Å²) in [7, 11) is 0. The molecule has 2 aromatic rings. The Balaban J connectivity index is 1.41. The molecule has 3 nitrogen and oxygen atoms in total. The lowest BCUT2D eigenvalue weighted by Gasteiger charge is -2.61. The van der Waals surface area contributed by atoms with Crippen LogP contribution in [0.5, 0.6) is 5.75 Å². The zero-order chi connectivity index (χ0) is 15.9. The zero-order valence-electron chi connectivity index (χ0n) is 12.7. The van der Waals surface area contributed by atoms with Crippen molar-refractivity contribution >= 4 is 21.8 Å². The van der Waals surface area contributed by atoms with E-state index in [0.29, 0.717) is 12.2 Å². The fourth-order valence-electron chi connectivity index (χ4n) is 3.44. The van der Waals surface area contributed by atoms with Gasteiger partial charge in [-0.3, -0.25) is 4.79 Å². The Kier molecular flexibility index (Phi) is 3.64. The van der Waals surface area contributed by atoms with Gasteiger partial charge in [0, 0.05) is 11.1 Å². The van der Waals surface area contributed by atoms with Crippen LogP contribution in [0.15, 0.2) is 53.0 Å². The summed E-state index contributed by atoms with van der Waals surface area (Å²) in [6, 6.07) is 15.5. The third-order valence-electron chi connectivity index (χ3n) is 4.85. The summed E-state index contributed by atoms with van der Waals surface area (Å²) in [5.74, 6) is 1.62. The first kappa shape index (κ1) is 14.8. The highest BCUT2D eigenvalue weighted by atomic mass is 79.9. The Morgan fingerprint density at radius 3 is 2.52 bits per heavy atom. The minimum absolute atomic E-state index is 0.0125. The number of ether oxygens (including phenoxy) is 1. The van der Waals surface area contributed by atoms with E-state index in [4.69, 9.17) is 4.74 Å². The van der Waals surface area contributed by atoms with Crippen LogP contribution in [0.2, 0.25) is 0 Å². The lowest BCUT2D eigenvalue weighted by Crippen LogP contribution is -2.68. The van der Waals surface area contributed by atoms with E-state index in [1.54, 1.807) is 0 Å². The first-order valence-corrected chi connectivity index (χ1v) is 8.72. The Bertz CT molecular complexity index is 727. The molecule has 0 spiro atoms. The first-order valence-electron chi connectivity index (χ1n) is 7.92. The minimum atomic E-state index is 0.0125. The summed E-state index contributed by atoms with van der Waals surface area (Å²) in [4.78, 5) is 12.3. The first-order chi connectivity index (χ1) is 11.1. The normalized spacial score (nSPS) is 24.3. The van der Waals surface area contributed by atoms with Crippen molar-refractivity contribution in [2.24, 2.45) is 5.92 Å². The Morgan fingerprint density at radius 2 is 1.91 bits per heavy atom. The summed E-state index contributed by atoms with van der Waals surface area (Å²) in [6.45, 7) is 0.509. The fourth-order valence-corrected chi connectivity index (χ4v) is 3.93. The molecule has 0 unspecified atom stereocenters. The number of rotatable bonds is 5. The van der Waals surface area contributed by atoms with E-state index in [2.05, 4.69) is 21.2 Å². The summed E-state index contributed by atoms with van der Waals surface area (Å²) in [6.07, 6.45) is 3.45. The molecular formula is C19H18BrNO2. The predicted octanol–water partition coefficient (Wildman–Crippen LogP) is 4.31. The second-order valence-electron chi connectivity index (χ2n) is 6.63. The summed E-state index contributed by atoms with van der Waals surface area (Å²) in [5.41, 5.74) is 1.90. The number of hydrogen-bond donors (Lipinski definition) is 1. The van der Waals surface area contributed by atoms with Crippen molar-refractivity contribution < 1.29 is 9.53 Å². The summed E-state index contributed by atoms with van der Waals surface area (Å²) >= 11 is 3.50. The van der Waals surface area contributed by atoms with Gasteiger partial charge in [0.15, 0.2) is 0 Å². The van der Waals surface area contributed by atoms with Gasteiger partial charge in [-0.25, -0.2) is 0 Å². The maximum Gasteiger partial charge on any atom is 0.251 e. The zero-order valence-corrected chi connectivity index (χ0v) is 14.3. The van der Waals surface area contributed by atoms with Crippen LogP contribution in [0.3, 0.4) is 0 Å². The standard InChI is InChI=1S/C19H18BrNO2/c20-16-8-15(18(22)21-19-9-14(10-19)11-19)6-7-17(16)23-12-13-4-2-1-3-5-13/h1-8,14H,9-12H2,(H,21,22). The van der Waals surface area contributed by atoms with Crippen molar-refractivity contribution in [2.45, 2.75) is 31.4 Å². The van der Waals surface area contributed by atoms with E-state index >= 15 is 0 Å². The van der Waals surface area contributed by atoms with Crippen LogP contribution < -0.4 is 10.1 Å². The molecule has 4 heteroatoms. The molecule has 0 aromatic heterocycles. The van der Waals surface area contributed by atoms with Gasteiger partial charge in [0.2, 0.25) is 0 Å². The van der Waals surface area contributed by atoms with E-state index in [0.717, 1.165) is 41.0 Å². The minimum Gasteiger partial charge on any atom is -0.488 e. The molecule has 2 bridgehead atoms. The van der Waals surface area contributed by atoms with E-state index in [9.17, 15) is 4.79 Å². The van der Waals surface area contributed by atoms with E-state index < -0.39 is 0 Å². The van der Waals surface area contributed by atoms with Crippen molar-refractivity contribution in [3.05, 3.63) is 64.1 Å². The van der Waals surface area contributed by atoms with E-state index in [1.165, 1.54) is 0 Å². The highest BCUT2D eigenvalue weighted by molar-refractivity contribution is 9.10. The van der Waals surface area contributed by atoms with Crippen LogP contribution in [-0.2, 0) is 6.61 Å². The van der Waals surface area contributed by atoms with Crippen molar-refractivity contribution in [1.82, 2.24) is 5.32 Å². The topological polar surface area (TPSA) is 38.3 Å². The molecule has 3 fully saturated rings. The maximum atomic E-state index is 12.3. The number of benzene rings is 2. The van der Waals surface area contributed by atoms with E-state index in [-0.39, 0.29) is 11.4 Å². The molecular weight excluding hydrogens is 354 g/mol. The lowest BCUT2D eigenvalue weighted by molar-refractivity contribution is -0.0438. The van der Waals surface area contributed by atoms with Gasteiger partial charge in [-0.05, 0) is 64.9 Å². The third kappa shape index (κ3) is 2.88. The second-order valence-corrected chi connectivity index (χ2v) is 7.49. The van der Waals surface area contributed by atoms with Gasteiger partial charge in [-0.2, -0.15) is 0 Å². The number of carbonyl (C=O) groups is 1. The fraction of sp³-hybridized carbons (Fsp3) is 0.316. The number of nitrogens with one attached hydrogen (secondary N) is 1. The van der Waals surface area contributed by atoms with Crippen molar-refractivity contribution in [3.63, 3.8) is 0 Å².